The second-order valence-corrected chi connectivity index (χ2v) is 13.4. The van der Waals surface area contributed by atoms with Crippen molar-refractivity contribution in [2.75, 3.05) is 0 Å². The van der Waals surface area contributed by atoms with Crippen LogP contribution in [-0.4, -0.2) is 11.8 Å². The lowest BCUT2D eigenvalue weighted by atomic mass is 9.94. The van der Waals surface area contributed by atoms with Crippen molar-refractivity contribution in [1.29, 1.82) is 0 Å². The maximum atomic E-state index is 12.2. The first-order valence-electron chi connectivity index (χ1n) is 19.1. The van der Waals surface area contributed by atoms with Crippen LogP contribution >= 0.6 is 0 Å². The molecule has 0 saturated carbocycles. The fraction of sp³-hybridized carbons (Fsp3) is 0.115. The average molecular weight is 735 g/mol. The molecule has 0 unspecified atom stereocenters. The third-order valence-corrected chi connectivity index (χ3v) is 9.17. The zero-order valence-corrected chi connectivity index (χ0v) is 32.2. The van der Waals surface area contributed by atoms with Crippen LogP contribution < -0.4 is 10.6 Å². The van der Waals surface area contributed by atoms with E-state index in [0.29, 0.717) is 13.1 Å². The molecule has 6 aromatic carbocycles. The molecule has 0 bridgehead atoms. The van der Waals surface area contributed by atoms with Crippen LogP contribution in [0, 0.1) is 0 Å². The summed E-state index contributed by atoms with van der Waals surface area (Å²) in [6.45, 7) is 5.40. The Balaban J connectivity index is 0.000000214. The normalized spacial score (nSPS) is 12.3. The zero-order chi connectivity index (χ0) is 39.2. The molecule has 2 atom stereocenters. The second-order valence-electron chi connectivity index (χ2n) is 13.4. The third kappa shape index (κ3) is 13.9. The van der Waals surface area contributed by atoms with Crippen LogP contribution in [0.1, 0.15) is 70.2 Å². The highest BCUT2D eigenvalue weighted by Gasteiger charge is 2.08. The standard InChI is InChI=1S/2C26H25NO/c2*1-21(16-17-22-10-4-2-5-11-22)25-15-9-8-14-24(25)18-19-26(28)27-20-23-12-6-3-7-13-23/h2*2-19,21H,20H2,1H3,(H,27,28)/b2*17-16+,19-18+/t2*21-/m00/s1. The van der Waals surface area contributed by atoms with Gasteiger partial charge >= 0.3 is 0 Å². The lowest BCUT2D eigenvalue weighted by Crippen LogP contribution is -2.20. The molecule has 2 N–H and O–H groups in total. The van der Waals surface area contributed by atoms with Gasteiger partial charge in [-0.15, -0.1) is 0 Å². The molecule has 6 rings (SSSR count). The van der Waals surface area contributed by atoms with Crippen LogP contribution in [0.25, 0.3) is 24.3 Å². The topological polar surface area (TPSA) is 58.2 Å². The molecule has 0 aliphatic heterocycles. The molecule has 0 spiro atoms. The molecule has 0 aromatic heterocycles. The Bertz CT molecular complexity index is 2050. The number of amides is 2. The molecule has 0 fully saturated rings. The van der Waals surface area contributed by atoms with Gasteiger partial charge in [0.2, 0.25) is 11.8 Å². The molecular weight excluding hydrogens is 685 g/mol. The molecule has 0 aliphatic carbocycles. The Morgan fingerprint density at radius 3 is 1.12 bits per heavy atom. The van der Waals surface area contributed by atoms with E-state index in [2.05, 4.69) is 85.2 Å². The van der Waals surface area contributed by atoms with E-state index in [1.165, 1.54) is 22.3 Å². The Morgan fingerprint density at radius 2 is 0.750 bits per heavy atom. The molecule has 0 radical (unpaired) electrons. The van der Waals surface area contributed by atoms with Crippen LogP contribution in [0.2, 0.25) is 0 Å². The van der Waals surface area contributed by atoms with E-state index in [4.69, 9.17) is 0 Å². The van der Waals surface area contributed by atoms with Crippen molar-refractivity contribution in [2.45, 2.75) is 38.8 Å². The predicted octanol–water partition coefficient (Wildman–Crippen LogP) is 11.7. The Kier molecular flexibility index (Phi) is 16.2. The number of nitrogens with one attached hydrogen (secondary N) is 2. The zero-order valence-electron chi connectivity index (χ0n) is 32.2. The largest absolute Gasteiger partial charge is 0.348 e. The Labute approximate surface area is 332 Å². The molecule has 2 amide bonds. The van der Waals surface area contributed by atoms with Gasteiger partial charge in [-0.05, 0) is 68.5 Å². The van der Waals surface area contributed by atoms with Crippen molar-refractivity contribution in [3.8, 4) is 0 Å². The first-order valence-corrected chi connectivity index (χ1v) is 19.1. The number of hydrogen-bond acceptors (Lipinski definition) is 2. The van der Waals surface area contributed by atoms with Crippen LogP contribution in [-0.2, 0) is 22.7 Å². The summed E-state index contributed by atoms with van der Waals surface area (Å²) in [5.74, 6) is 0.305. The molecule has 6 aromatic rings. The molecule has 0 saturated heterocycles. The summed E-state index contributed by atoms with van der Waals surface area (Å²) in [5.41, 5.74) is 9.05. The van der Waals surface area contributed by atoms with Gasteiger partial charge in [-0.1, -0.05) is 208 Å². The lowest BCUT2D eigenvalue weighted by Gasteiger charge is -2.11. The van der Waals surface area contributed by atoms with Gasteiger partial charge in [0, 0.05) is 25.2 Å². The van der Waals surface area contributed by atoms with Crippen molar-refractivity contribution >= 4 is 36.1 Å². The van der Waals surface area contributed by atoms with Gasteiger partial charge in [0.15, 0.2) is 0 Å². The smallest absolute Gasteiger partial charge is 0.244 e. The molecule has 0 aliphatic rings. The highest BCUT2D eigenvalue weighted by atomic mass is 16.2. The molecule has 4 nitrogen and oxygen atoms in total. The number of benzene rings is 6. The van der Waals surface area contributed by atoms with Crippen LogP contribution in [0.15, 0.2) is 194 Å². The first kappa shape index (κ1) is 40.4. The first-order chi connectivity index (χ1) is 27.4. The van der Waals surface area contributed by atoms with E-state index in [1.54, 1.807) is 12.2 Å². The van der Waals surface area contributed by atoms with Crippen molar-refractivity contribution in [3.63, 3.8) is 0 Å². The van der Waals surface area contributed by atoms with E-state index in [0.717, 1.165) is 22.3 Å². The predicted molar refractivity (Wildman–Crippen MR) is 235 cm³/mol. The number of allylic oxidation sites excluding steroid dienone is 2. The summed E-state index contributed by atoms with van der Waals surface area (Å²) < 4.78 is 0. The molecule has 56 heavy (non-hydrogen) atoms. The summed E-state index contributed by atoms with van der Waals surface area (Å²) in [7, 11) is 0. The lowest BCUT2D eigenvalue weighted by molar-refractivity contribution is -0.117. The Hall–Kier alpha value is -6.78. The van der Waals surface area contributed by atoms with Gasteiger partial charge in [0.1, 0.15) is 0 Å². The Morgan fingerprint density at radius 1 is 0.429 bits per heavy atom. The maximum absolute atomic E-state index is 12.2. The van der Waals surface area contributed by atoms with Gasteiger partial charge in [0.05, 0.1) is 0 Å². The number of hydrogen-bond donors (Lipinski definition) is 2. The van der Waals surface area contributed by atoms with E-state index in [1.807, 2.05) is 146 Å². The minimum atomic E-state index is -0.0915. The molecule has 4 heteroatoms. The number of rotatable bonds is 14. The van der Waals surface area contributed by atoms with Crippen LogP contribution in [0.5, 0.6) is 0 Å². The third-order valence-electron chi connectivity index (χ3n) is 9.17. The van der Waals surface area contributed by atoms with E-state index in [9.17, 15) is 9.59 Å². The molecule has 280 valence electrons. The number of carbonyl (C=O) groups excluding carboxylic acids is 2. The van der Waals surface area contributed by atoms with Crippen molar-refractivity contribution in [3.05, 3.63) is 239 Å². The quantitative estimate of drug-likeness (QED) is 0.109. The average Bonchev–Trinajstić information content (AvgIpc) is 3.26. The monoisotopic (exact) mass is 734 g/mol. The minimum absolute atomic E-state index is 0.0915. The van der Waals surface area contributed by atoms with Gasteiger partial charge in [0.25, 0.3) is 0 Å². The second kappa shape index (κ2) is 22.4. The fourth-order valence-corrected chi connectivity index (χ4v) is 6.02. The summed E-state index contributed by atoms with van der Waals surface area (Å²) >= 11 is 0. The number of carbonyl (C=O) groups is 2. The highest BCUT2D eigenvalue weighted by Crippen LogP contribution is 2.24. The van der Waals surface area contributed by atoms with Crippen LogP contribution in [0.4, 0.5) is 0 Å². The fourth-order valence-electron chi connectivity index (χ4n) is 6.02. The summed E-state index contributed by atoms with van der Waals surface area (Å²) in [6, 6.07) is 56.7. The summed E-state index contributed by atoms with van der Waals surface area (Å²) in [6.07, 6.45) is 15.7. The van der Waals surface area contributed by atoms with E-state index >= 15 is 0 Å². The van der Waals surface area contributed by atoms with Gasteiger partial charge < -0.3 is 10.6 Å². The maximum Gasteiger partial charge on any atom is 0.244 e. The van der Waals surface area contributed by atoms with Gasteiger partial charge in [-0.2, -0.15) is 0 Å². The van der Waals surface area contributed by atoms with Crippen molar-refractivity contribution in [1.82, 2.24) is 10.6 Å². The van der Waals surface area contributed by atoms with Gasteiger partial charge in [-0.25, -0.2) is 0 Å². The van der Waals surface area contributed by atoms with Gasteiger partial charge in [-0.3, -0.25) is 9.59 Å². The highest BCUT2D eigenvalue weighted by molar-refractivity contribution is 5.92. The summed E-state index contributed by atoms with van der Waals surface area (Å²) in [4.78, 5) is 24.3. The molecule has 0 heterocycles. The SMILES string of the molecule is C[C@@H](/C=C/c1ccccc1)c1ccccc1/C=C/C(=O)NCc1ccccc1.C[C@@H](/C=C/c1ccccc1)c1ccccc1/C=C/C(=O)NCc1ccccc1. The van der Waals surface area contributed by atoms with Crippen LogP contribution in [0.3, 0.4) is 0 Å². The van der Waals surface area contributed by atoms with Crippen molar-refractivity contribution < 1.29 is 9.59 Å². The van der Waals surface area contributed by atoms with E-state index in [-0.39, 0.29) is 23.7 Å². The minimum Gasteiger partial charge on any atom is -0.348 e. The summed E-state index contributed by atoms with van der Waals surface area (Å²) in [5, 5.41) is 5.85. The van der Waals surface area contributed by atoms with Crippen molar-refractivity contribution in [2.24, 2.45) is 0 Å². The molecular formula is C52H50N2O2. The van der Waals surface area contributed by atoms with E-state index < -0.39 is 0 Å².